The first-order valence-corrected chi connectivity index (χ1v) is 9.78. The molecule has 3 aromatic rings. The van der Waals surface area contributed by atoms with Gasteiger partial charge in [-0.1, -0.05) is 48.0 Å². The van der Waals surface area contributed by atoms with Gasteiger partial charge in [-0.15, -0.1) is 0 Å². The van der Waals surface area contributed by atoms with Crippen LogP contribution in [0.4, 0.5) is 0 Å². The number of hydrogen-bond donors (Lipinski definition) is 2. The van der Waals surface area contributed by atoms with Gasteiger partial charge in [0.2, 0.25) is 5.91 Å². The quantitative estimate of drug-likeness (QED) is 0.720. The van der Waals surface area contributed by atoms with Crippen LogP contribution < -0.4 is 10.9 Å². The van der Waals surface area contributed by atoms with Crippen molar-refractivity contribution in [2.75, 3.05) is 6.54 Å². The molecule has 28 heavy (non-hydrogen) atoms. The molecule has 0 bridgehead atoms. The Balaban J connectivity index is 1.43. The molecule has 1 unspecified atom stereocenters. The molecular formula is C23H25N3O2. The van der Waals surface area contributed by atoms with E-state index in [1.165, 1.54) is 11.1 Å². The van der Waals surface area contributed by atoms with E-state index in [0.717, 1.165) is 36.8 Å². The minimum absolute atomic E-state index is 0.00212. The van der Waals surface area contributed by atoms with Gasteiger partial charge < -0.3 is 10.3 Å². The van der Waals surface area contributed by atoms with Crippen LogP contribution in [0.15, 0.2) is 59.4 Å². The molecule has 1 aliphatic heterocycles. The number of para-hydroxylation sites is 1. The summed E-state index contributed by atoms with van der Waals surface area (Å²) in [5.74, 6) is -0.00212. The van der Waals surface area contributed by atoms with E-state index in [-0.39, 0.29) is 24.1 Å². The minimum Gasteiger partial charge on any atom is -0.350 e. The number of fused-ring (bicyclic) bond motifs is 1. The topological polar surface area (TPSA) is 65.2 Å². The molecule has 5 heteroatoms. The van der Waals surface area contributed by atoms with E-state index in [1.807, 2.05) is 30.3 Å². The number of aromatic amines is 1. The van der Waals surface area contributed by atoms with E-state index in [0.29, 0.717) is 5.56 Å². The number of carbonyl (C=O) groups is 1. The molecule has 1 aliphatic rings. The van der Waals surface area contributed by atoms with Crippen molar-refractivity contribution in [3.8, 4) is 0 Å². The zero-order valence-corrected chi connectivity index (χ0v) is 16.1. The van der Waals surface area contributed by atoms with E-state index in [2.05, 4.69) is 46.4 Å². The molecule has 4 rings (SSSR count). The van der Waals surface area contributed by atoms with E-state index >= 15 is 0 Å². The summed E-state index contributed by atoms with van der Waals surface area (Å²) < 4.78 is 0. The molecule has 1 aromatic heterocycles. The molecular weight excluding hydrogens is 350 g/mol. The maximum Gasteiger partial charge on any atom is 0.253 e. The summed E-state index contributed by atoms with van der Waals surface area (Å²) in [6.07, 6.45) is 1.87. The fourth-order valence-electron chi connectivity index (χ4n) is 3.98. The monoisotopic (exact) mass is 375 g/mol. The lowest BCUT2D eigenvalue weighted by atomic mass is 10.1. The van der Waals surface area contributed by atoms with Gasteiger partial charge in [0.1, 0.15) is 0 Å². The second-order valence-electron chi connectivity index (χ2n) is 7.55. The Morgan fingerprint density at radius 3 is 2.89 bits per heavy atom. The predicted molar refractivity (Wildman–Crippen MR) is 111 cm³/mol. The molecule has 1 fully saturated rings. The number of nitrogens with one attached hydrogen (secondary N) is 2. The number of likely N-dealkylation sites (tertiary alicyclic amines) is 1. The molecule has 5 nitrogen and oxygen atoms in total. The van der Waals surface area contributed by atoms with Crippen LogP contribution in [0.5, 0.6) is 0 Å². The van der Waals surface area contributed by atoms with Crippen molar-refractivity contribution in [2.45, 2.75) is 38.9 Å². The second-order valence-corrected chi connectivity index (χ2v) is 7.55. The Labute approximate surface area is 164 Å². The number of hydrogen-bond acceptors (Lipinski definition) is 3. The standard InChI is InChI=1S/C23H25N3O2/c1-16-6-4-7-17(12-16)15-26-11-5-10-21(26)23(28)24-14-19-13-18-8-2-3-9-20(18)25-22(19)27/h2-4,6-9,12-13,21H,5,10-11,14-15H2,1H3,(H,24,28)(H,25,27). The number of aromatic nitrogens is 1. The molecule has 0 aliphatic carbocycles. The third-order valence-corrected chi connectivity index (χ3v) is 5.42. The summed E-state index contributed by atoms with van der Waals surface area (Å²) in [4.78, 5) is 30.2. The highest BCUT2D eigenvalue weighted by Crippen LogP contribution is 2.21. The summed E-state index contributed by atoms with van der Waals surface area (Å²) in [6.45, 7) is 4.02. The van der Waals surface area contributed by atoms with Gasteiger partial charge in [0.25, 0.3) is 5.56 Å². The van der Waals surface area contributed by atoms with Crippen LogP contribution in [0.25, 0.3) is 10.9 Å². The Kier molecular flexibility index (Phi) is 5.26. The zero-order chi connectivity index (χ0) is 19.5. The van der Waals surface area contributed by atoms with Crippen LogP contribution in [0, 0.1) is 6.92 Å². The van der Waals surface area contributed by atoms with Crippen LogP contribution in [0.1, 0.15) is 29.5 Å². The molecule has 0 spiro atoms. The van der Waals surface area contributed by atoms with E-state index in [9.17, 15) is 9.59 Å². The van der Waals surface area contributed by atoms with Gasteiger partial charge in [0.15, 0.2) is 0 Å². The van der Waals surface area contributed by atoms with E-state index < -0.39 is 0 Å². The number of carbonyl (C=O) groups excluding carboxylic acids is 1. The molecule has 0 saturated carbocycles. The summed E-state index contributed by atoms with van der Waals surface area (Å²) in [6, 6.07) is 17.8. The lowest BCUT2D eigenvalue weighted by Crippen LogP contribution is -2.43. The molecule has 0 radical (unpaired) electrons. The van der Waals surface area contributed by atoms with Crippen molar-refractivity contribution in [3.63, 3.8) is 0 Å². The van der Waals surface area contributed by atoms with Crippen LogP contribution >= 0.6 is 0 Å². The first-order chi connectivity index (χ1) is 13.6. The van der Waals surface area contributed by atoms with Gasteiger partial charge in [-0.25, -0.2) is 0 Å². The molecule has 2 heterocycles. The van der Waals surface area contributed by atoms with Gasteiger partial charge in [-0.2, -0.15) is 0 Å². The Morgan fingerprint density at radius 2 is 2.04 bits per heavy atom. The van der Waals surface area contributed by atoms with Crippen LogP contribution in [0.3, 0.4) is 0 Å². The second kappa shape index (κ2) is 7.98. The highest BCUT2D eigenvalue weighted by atomic mass is 16.2. The molecule has 2 N–H and O–H groups in total. The normalized spacial score (nSPS) is 17.1. The van der Waals surface area contributed by atoms with Crippen molar-refractivity contribution in [1.29, 1.82) is 0 Å². The Morgan fingerprint density at radius 1 is 1.18 bits per heavy atom. The fourth-order valence-corrected chi connectivity index (χ4v) is 3.98. The molecule has 1 amide bonds. The number of nitrogens with zero attached hydrogens (tertiary/aromatic N) is 1. The van der Waals surface area contributed by atoms with Crippen molar-refractivity contribution in [2.24, 2.45) is 0 Å². The lowest BCUT2D eigenvalue weighted by Gasteiger charge is -2.24. The van der Waals surface area contributed by atoms with Gasteiger partial charge in [0.05, 0.1) is 6.04 Å². The van der Waals surface area contributed by atoms with Crippen LogP contribution in [-0.2, 0) is 17.9 Å². The smallest absolute Gasteiger partial charge is 0.253 e. The SMILES string of the molecule is Cc1cccc(CN2CCCC2C(=O)NCc2cc3ccccc3[nH]c2=O)c1. The fraction of sp³-hybridized carbons (Fsp3) is 0.304. The number of benzene rings is 2. The number of pyridine rings is 1. The summed E-state index contributed by atoms with van der Waals surface area (Å²) >= 11 is 0. The number of amides is 1. The van der Waals surface area contributed by atoms with E-state index in [4.69, 9.17) is 0 Å². The predicted octanol–water partition coefficient (Wildman–Crippen LogP) is 3.12. The third-order valence-electron chi connectivity index (χ3n) is 5.42. The molecule has 2 aromatic carbocycles. The van der Waals surface area contributed by atoms with Crippen molar-refractivity contribution in [3.05, 3.63) is 81.6 Å². The number of aryl methyl sites for hydroxylation is 1. The summed E-state index contributed by atoms with van der Waals surface area (Å²) in [7, 11) is 0. The maximum absolute atomic E-state index is 12.8. The average Bonchev–Trinajstić information content (AvgIpc) is 3.14. The zero-order valence-electron chi connectivity index (χ0n) is 16.1. The van der Waals surface area contributed by atoms with E-state index in [1.54, 1.807) is 0 Å². The molecule has 1 saturated heterocycles. The average molecular weight is 375 g/mol. The first-order valence-electron chi connectivity index (χ1n) is 9.78. The highest BCUT2D eigenvalue weighted by molar-refractivity contribution is 5.82. The van der Waals surface area contributed by atoms with Crippen LogP contribution in [-0.4, -0.2) is 28.4 Å². The van der Waals surface area contributed by atoms with Gasteiger partial charge in [0, 0.05) is 24.2 Å². The summed E-state index contributed by atoms with van der Waals surface area (Å²) in [5, 5.41) is 3.94. The van der Waals surface area contributed by atoms with Gasteiger partial charge in [-0.05, 0) is 49.4 Å². The Bertz CT molecular complexity index is 1060. The number of H-pyrrole nitrogens is 1. The van der Waals surface area contributed by atoms with Crippen molar-refractivity contribution < 1.29 is 4.79 Å². The third kappa shape index (κ3) is 3.99. The first kappa shape index (κ1) is 18.4. The van der Waals surface area contributed by atoms with Crippen LogP contribution in [0.2, 0.25) is 0 Å². The largest absolute Gasteiger partial charge is 0.350 e. The minimum atomic E-state index is -0.151. The Hall–Kier alpha value is -2.92. The molecule has 1 atom stereocenters. The number of rotatable bonds is 5. The highest BCUT2D eigenvalue weighted by Gasteiger charge is 2.30. The molecule has 144 valence electrons. The maximum atomic E-state index is 12.8. The van der Waals surface area contributed by atoms with Gasteiger partial charge in [-0.3, -0.25) is 14.5 Å². The lowest BCUT2D eigenvalue weighted by molar-refractivity contribution is -0.125. The summed E-state index contributed by atoms with van der Waals surface area (Å²) in [5.41, 5.74) is 3.69. The van der Waals surface area contributed by atoms with Gasteiger partial charge >= 0.3 is 0 Å². The van der Waals surface area contributed by atoms with Crippen molar-refractivity contribution in [1.82, 2.24) is 15.2 Å². The van der Waals surface area contributed by atoms with Crippen molar-refractivity contribution >= 4 is 16.8 Å².